The van der Waals surface area contributed by atoms with Crippen LogP contribution in [-0.2, 0) is 16.1 Å². The summed E-state index contributed by atoms with van der Waals surface area (Å²) < 4.78 is 10.8. The van der Waals surface area contributed by atoms with Crippen LogP contribution >= 0.6 is 0 Å². The molecule has 3 fully saturated rings. The van der Waals surface area contributed by atoms with Gasteiger partial charge >= 0.3 is 6.03 Å². The van der Waals surface area contributed by atoms with Crippen LogP contribution in [0.3, 0.4) is 0 Å². The predicted molar refractivity (Wildman–Crippen MR) is 118 cm³/mol. The molecule has 32 heavy (non-hydrogen) atoms. The molecule has 0 radical (unpaired) electrons. The first-order valence-electron chi connectivity index (χ1n) is 11.6. The summed E-state index contributed by atoms with van der Waals surface area (Å²) in [7, 11) is 0. The van der Waals surface area contributed by atoms with Gasteiger partial charge in [0.2, 0.25) is 5.91 Å². The minimum atomic E-state index is -0.0892. The number of ether oxygens (including phenoxy) is 1. The maximum atomic E-state index is 13.1. The minimum absolute atomic E-state index is 0.0257. The molecule has 3 heterocycles. The van der Waals surface area contributed by atoms with Gasteiger partial charge in [-0.1, -0.05) is 35.5 Å². The Bertz CT molecular complexity index is 936. The molecule has 5 rings (SSSR count). The number of carbonyl (C=O) groups excluding carboxylic acids is 2. The number of aromatic nitrogens is 1. The van der Waals surface area contributed by atoms with Crippen molar-refractivity contribution in [2.24, 2.45) is 5.92 Å². The highest BCUT2D eigenvalue weighted by Gasteiger charge is 2.40. The molecule has 2 aromatic rings. The average Bonchev–Trinajstić information content (AvgIpc) is 3.30. The first kappa shape index (κ1) is 21.0. The molecule has 1 saturated carbocycles. The summed E-state index contributed by atoms with van der Waals surface area (Å²) in [6.45, 7) is 2.86. The monoisotopic (exact) mass is 438 g/mol. The fraction of sp³-hybridized carbons (Fsp3) is 0.542. The molecule has 2 aliphatic heterocycles. The van der Waals surface area contributed by atoms with Gasteiger partial charge in [-0.2, -0.15) is 0 Å². The topological polar surface area (TPSA) is 87.9 Å². The lowest BCUT2D eigenvalue weighted by molar-refractivity contribution is -0.137. The normalized spacial score (nSPS) is 23.2. The molecule has 0 spiro atoms. The number of piperidine rings is 1. The Kier molecular flexibility index (Phi) is 6.12. The van der Waals surface area contributed by atoms with Gasteiger partial charge in [0.15, 0.2) is 5.76 Å². The maximum Gasteiger partial charge on any atom is 0.318 e. The van der Waals surface area contributed by atoms with Gasteiger partial charge in [0.1, 0.15) is 5.69 Å². The smallest absolute Gasteiger partial charge is 0.318 e. The molecule has 2 saturated heterocycles. The van der Waals surface area contributed by atoms with Crippen molar-refractivity contribution in [3.63, 3.8) is 0 Å². The third-order valence-electron chi connectivity index (χ3n) is 6.60. The van der Waals surface area contributed by atoms with E-state index in [9.17, 15) is 9.59 Å². The van der Waals surface area contributed by atoms with Gasteiger partial charge in [0, 0.05) is 37.4 Å². The molecular formula is C24H30N4O4. The number of urea groups is 1. The van der Waals surface area contributed by atoms with E-state index in [0.29, 0.717) is 25.5 Å². The second kappa shape index (κ2) is 9.32. The number of carbonyl (C=O) groups is 2. The van der Waals surface area contributed by atoms with Crippen molar-refractivity contribution in [1.82, 2.24) is 20.3 Å². The van der Waals surface area contributed by atoms with E-state index in [4.69, 9.17) is 9.26 Å². The number of benzene rings is 1. The average molecular weight is 439 g/mol. The molecule has 0 bridgehead atoms. The molecule has 0 unspecified atom stereocenters. The van der Waals surface area contributed by atoms with Crippen LogP contribution in [0, 0.1) is 5.92 Å². The van der Waals surface area contributed by atoms with E-state index in [1.165, 1.54) is 0 Å². The molecular weight excluding hydrogens is 408 g/mol. The summed E-state index contributed by atoms with van der Waals surface area (Å²) in [4.78, 5) is 29.9. The Hall–Kier alpha value is -2.87. The number of hydrogen-bond acceptors (Lipinski definition) is 5. The van der Waals surface area contributed by atoms with Crippen LogP contribution in [0.15, 0.2) is 40.9 Å². The van der Waals surface area contributed by atoms with Crippen LogP contribution in [0.25, 0.3) is 11.3 Å². The van der Waals surface area contributed by atoms with Crippen LogP contribution in [0.5, 0.6) is 0 Å². The van der Waals surface area contributed by atoms with E-state index in [0.717, 1.165) is 49.9 Å². The third-order valence-corrected chi connectivity index (χ3v) is 6.60. The van der Waals surface area contributed by atoms with Crippen LogP contribution < -0.4 is 5.32 Å². The number of amides is 3. The van der Waals surface area contributed by atoms with Gasteiger partial charge in [0.05, 0.1) is 25.1 Å². The van der Waals surface area contributed by atoms with Gasteiger partial charge < -0.3 is 24.4 Å². The number of nitrogens with one attached hydrogen (secondary N) is 1. The molecule has 8 nitrogen and oxygen atoms in total. The number of hydrogen-bond donors (Lipinski definition) is 1. The van der Waals surface area contributed by atoms with Gasteiger partial charge in [-0.25, -0.2) is 4.79 Å². The molecule has 3 aliphatic rings. The van der Waals surface area contributed by atoms with Crippen LogP contribution in [0.4, 0.5) is 4.79 Å². The largest absolute Gasteiger partial charge is 0.381 e. The van der Waals surface area contributed by atoms with Gasteiger partial charge in [-0.05, 0) is 32.1 Å². The molecule has 1 aliphatic carbocycles. The van der Waals surface area contributed by atoms with Gasteiger partial charge in [-0.15, -0.1) is 0 Å². The van der Waals surface area contributed by atoms with Crippen LogP contribution in [0.1, 0.15) is 37.9 Å². The third kappa shape index (κ3) is 4.65. The second-order valence-electron chi connectivity index (χ2n) is 8.98. The van der Waals surface area contributed by atoms with Crippen LogP contribution in [-0.4, -0.2) is 65.3 Å². The molecule has 3 amide bonds. The highest BCUT2D eigenvalue weighted by Crippen LogP contribution is 2.32. The van der Waals surface area contributed by atoms with Crippen molar-refractivity contribution in [2.45, 2.75) is 50.7 Å². The molecule has 170 valence electrons. The quantitative estimate of drug-likeness (QED) is 0.749. The zero-order valence-corrected chi connectivity index (χ0v) is 18.2. The summed E-state index contributed by atoms with van der Waals surface area (Å²) in [5.41, 5.74) is 1.74. The molecule has 1 aromatic heterocycles. The fourth-order valence-electron chi connectivity index (χ4n) is 4.75. The minimum Gasteiger partial charge on any atom is -0.381 e. The lowest BCUT2D eigenvalue weighted by Crippen LogP contribution is -2.55. The lowest BCUT2D eigenvalue weighted by Gasteiger charge is -2.40. The summed E-state index contributed by atoms with van der Waals surface area (Å²) in [5.74, 6) is 0.773. The van der Waals surface area contributed by atoms with Gasteiger partial charge in [-0.3, -0.25) is 4.79 Å². The predicted octanol–water partition coefficient (Wildman–Crippen LogP) is 3.04. The summed E-state index contributed by atoms with van der Waals surface area (Å²) in [5, 5.41) is 7.13. The SMILES string of the molecule is O=C([C@@H]1CCOC1)N1CCC[C@@H](N(C(=O)NCc2cc(-c3ccccc3)no2)C2CC2)C1. The van der Waals surface area contributed by atoms with Crippen molar-refractivity contribution in [3.8, 4) is 11.3 Å². The highest BCUT2D eigenvalue weighted by molar-refractivity contribution is 5.80. The van der Waals surface area contributed by atoms with Crippen LogP contribution in [0.2, 0.25) is 0 Å². The van der Waals surface area contributed by atoms with E-state index >= 15 is 0 Å². The second-order valence-corrected chi connectivity index (χ2v) is 8.98. The van der Waals surface area contributed by atoms with Crippen molar-refractivity contribution in [1.29, 1.82) is 0 Å². The van der Waals surface area contributed by atoms with Gasteiger partial charge in [0.25, 0.3) is 0 Å². The fourth-order valence-corrected chi connectivity index (χ4v) is 4.75. The van der Waals surface area contributed by atoms with Crippen molar-refractivity contribution in [2.75, 3.05) is 26.3 Å². The van der Waals surface area contributed by atoms with Crippen molar-refractivity contribution >= 4 is 11.9 Å². The molecule has 1 aromatic carbocycles. The zero-order chi connectivity index (χ0) is 21.9. The van der Waals surface area contributed by atoms with E-state index in [1.54, 1.807) is 0 Å². The first-order chi connectivity index (χ1) is 15.7. The zero-order valence-electron chi connectivity index (χ0n) is 18.2. The number of rotatable bonds is 6. The summed E-state index contributed by atoms with van der Waals surface area (Å²) >= 11 is 0. The Balaban J connectivity index is 1.20. The molecule has 8 heteroatoms. The Labute approximate surface area is 187 Å². The maximum absolute atomic E-state index is 13.1. The molecule has 1 N–H and O–H groups in total. The Morgan fingerprint density at radius 2 is 1.97 bits per heavy atom. The van der Waals surface area contributed by atoms with E-state index < -0.39 is 0 Å². The van der Waals surface area contributed by atoms with E-state index in [-0.39, 0.29) is 36.5 Å². The summed E-state index contributed by atoms with van der Waals surface area (Å²) in [6.07, 6.45) is 4.69. The summed E-state index contributed by atoms with van der Waals surface area (Å²) in [6, 6.07) is 11.9. The lowest BCUT2D eigenvalue weighted by atomic mass is 10.0. The Morgan fingerprint density at radius 3 is 2.72 bits per heavy atom. The molecule has 2 atom stereocenters. The van der Waals surface area contributed by atoms with E-state index in [1.807, 2.05) is 46.2 Å². The van der Waals surface area contributed by atoms with Crippen molar-refractivity contribution < 1.29 is 18.8 Å². The van der Waals surface area contributed by atoms with Crippen molar-refractivity contribution in [3.05, 3.63) is 42.2 Å². The highest BCUT2D eigenvalue weighted by atomic mass is 16.5. The van der Waals surface area contributed by atoms with E-state index in [2.05, 4.69) is 10.5 Å². The Morgan fingerprint density at radius 1 is 1.12 bits per heavy atom. The number of likely N-dealkylation sites (tertiary alicyclic amines) is 1. The number of nitrogens with zero attached hydrogens (tertiary/aromatic N) is 3. The first-order valence-corrected chi connectivity index (χ1v) is 11.6. The standard InChI is InChI=1S/C24H30N4O4/c29-23(18-10-12-31-16-18)27-11-4-7-20(15-27)28(19-8-9-19)24(30)25-14-21-13-22(26-32-21)17-5-2-1-3-6-17/h1-3,5-6,13,18-20H,4,7-12,14-16H2,(H,25,30)/t18-,20-/m1/s1.